The van der Waals surface area contributed by atoms with Crippen LogP contribution < -0.4 is 24.0 Å². The first-order valence-corrected chi connectivity index (χ1v) is 7.05. The first kappa shape index (κ1) is 19.1. The number of hydrogen-bond donors (Lipinski definition) is 0. The number of carboxylic acid groups (broad SMARTS) is 1. The third-order valence-corrected chi connectivity index (χ3v) is 3.84. The number of aromatic nitrogens is 1. The molecule has 0 unspecified atom stereocenters. The van der Waals surface area contributed by atoms with Gasteiger partial charge in [0.2, 0.25) is 0 Å². The number of rotatable bonds is 3. The van der Waals surface area contributed by atoms with Crippen molar-refractivity contribution in [2.45, 2.75) is 24.9 Å². The Morgan fingerprint density at radius 1 is 1.58 bits per heavy atom. The van der Waals surface area contributed by atoms with E-state index >= 15 is 0 Å². The SMILES string of the molecule is O=C([O-])c1cc2nccc(Cl)c2s1.[Li+].[Li][CH2]CCC. The van der Waals surface area contributed by atoms with Crippen LogP contribution in [0.15, 0.2) is 18.3 Å². The van der Waals surface area contributed by atoms with Crippen LogP contribution in [-0.2, 0) is 0 Å². The number of nitrogens with zero attached hydrogens (tertiary/aromatic N) is 1. The van der Waals surface area contributed by atoms with Gasteiger partial charge < -0.3 is 9.90 Å². The van der Waals surface area contributed by atoms with Crippen molar-refractivity contribution in [1.29, 1.82) is 0 Å². The van der Waals surface area contributed by atoms with E-state index in [1.165, 1.54) is 30.2 Å². The van der Waals surface area contributed by atoms with Crippen LogP contribution in [-0.4, -0.2) is 28.7 Å². The van der Waals surface area contributed by atoms with Gasteiger partial charge in [-0.3, -0.25) is 4.98 Å². The first-order valence-electron chi connectivity index (χ1n) is 5.85. The van der Waals surface area contributed by atoms with E-state index in [-0.39, 0.29) is 23.7 Å². The molecule has 0 amide bonds. The van der Waals surface area contributed by atoms with Crippen LogP contribution in [0.1, 0.15) is 29.4 Å². The summed E-state index contributed by atoms with van der Waals surface area (Å²) in [6, 6.07) is 3.08. The van der Waals surface area contributed by atoms with E-state index in [1.807, 2.05) is 0 Å². The first-order chi connectivity index (χ1) is 8.60. The van der Waals surface area contributed by atoms with Gasteiger partial charge in [-0.05, 0) is 12.1 Å². The molecule has 2 aromatic rings. The Balaban J connectivity index is 0.000000471. The van der Waals surface area contributed by atoms with Crippen molar-refractivity contribution in [3.8, 4) is 0 Å². The predicted molar refractivity (Wildman–Crippen MR) is 74.4 cm³/mol. The number of halogens is 1. The summed E-state index contributed by atoms with van der Waals surface area (Å²) in [5.74, 6) is -1.20. The summed E-state index contributed by atoms with van der Waals surface area (Å²) in [6.07, 6.45) is 4.27. The zero-order valence-corrected chi connectivity index (χ0v) is 13.0. The second kappa shape index (κ2) is 9.89. The summed E-state index contributed by atoms with van der Waals surface area (Å²) >= 11 is 9.12. The summed E-state index contributed by atoms with van der Waals surface area (Å²) in [5.41, 5.74) is 0.594. The fourth-order valence-corrected chi connectivity index (χ4v) is 2.49. The van der Waals surface area contributed by atoms with E-state index in [0.29, 0.717) is 15.2 Å². The summed E-state index contributed by atoms with van der Waals surface area (Å²) in [6.45, 7) is 2.21. The summed E-state index contributed by atoms with van der Waals surface area (Å²) in [4.78, 5) is 14.6. The molecule has 0 saturated carbocycles. The van der Waals surface area contributed by atoms with Crippen LogP contribution in [0, 0.1) is 0 Å². The number of thiophene rings is 1. The molecule has 92 valence electrons. The molecule has 2 rings (SSSR count). The van der Waals surface area contributed by atoms with Gasteiger partial charge in [0, 0.05) is 6.20 Å². The van der Waals surface area contributed by atoms with Crippen molar-refractivity contribution in [3.05, 3.63) is 28.2 Å². The molecule has 0 atom stereocenters. The molecule has 3 nitrogen and oxygen atoms in total. The zero-order valence-electron chi connectivity index (χ0n) is 11.4. The topological polar surface area (TPSA) is 53.0 Å². The quantitative estimate of drug-likeness (QED) is 0.726. The van der Waals surface area contributed by atoms with Gasteiger partial charge in [0.05, 0.1) is 26.1 Å². The van der Waals surface area contributed by atoms with Crippen molar-refractivity contribution in [2.75, 3.05) is 0 Å². The van der Waals surface area contributed by atoms with Gasteiger partial charge >= 0.3 is 61.4 Å². The minimum atomic E-state index is -1.20. The molecule has 19 heavy (non-hydrogen) atoms. The average molecular weight is 284 g/mol. The van der Waals surface area contributed by atoms with Gasteiger partial charge in [0.1, 0.15) is 0 Å². The molecule has 2 aromatic heterocycles. The van der Waals surface area contributed by atoms with Crippen LogP contribution in [0.2, 0.25) is 10.1 Å². The second-order valence-corrected chi connectivity index (χ2v) is 5.22. The predicted octanol–water partition coefficient (Wildman–Crippen LogP) is -0.310. The van der Waals surface area contributed by atoms with E-state index in [9.17, 15) is 9.90 Å². The molecule has 0 aliphatic rings. The Kier molecular flexibility index (Phi) is 9.92. The van der Waals surface area contributed by atoms with Gasteiger partial charge in [0.15, 0.2) is 0 Å². The zero-order chi connectivity index (χ0) is 13.5. The number of carboxylic acids is 1. The van der Waals surface area contributed by atoms with Gasteiger partial charge in [-0.15, -0.1) is 11.3 Å². The number of hydrogen-bond acceptors (Lipinski definition) is 4. The Labute approximate surface area is 143 Å². The van der Waals surface area contributed by atoms with Crippen LogP contribution in [0.4, 0.5) is 0 Å². The maximum atomic E-state index is 10.5. The molecular weight excluding hydrogens is 272 g/mol. The van der Waals surface area contributed by atoms with Gasteiger partial charge in [-0.1, -0.05) is 11.6 Å². The van der Waals surface area contributed by atoms with Crippen molar-refractivity contribution in [3.63, 3.8) is 0 Å². The van der Waals surface area contributed by atoms with Gasteiger partial charge in [0.25, 0.3) is 0 Å². The molecule has 0 fully saturated rings. The molecule has 0 N–H and O–H groups in total. The van der Waals surface area contributed by atoms with Crippen LogP contribution in [0.5, 0.6) is 0 Å². The van der Waals surface area contributed by atoms with Crippen molar-refractivity contribution in [2.24, 2.45) is 0 Å². The molecule has 0 aliphatic carbocycles. The van der Waals surface area contributed by atoms with Gasteiger partial charge in [-0.25, -0.2) is 0 Å². The third kappa shape index (κ3) is 5.92. The monoisotopic (exact) mass is 283 g/mol. The normalized spacial score (nSPS) is 9.47. The molecule has 2 heterocycles. The summed E-state index contributed by atoms with van der Waals surface area (Å²) < 4.78 is 0.684. The molecule has 0 saturated heterocycles. The average Bonchev–Trinajstić information content (AvgIpc) is 2.76. The molecule has 0 aromatic carbocycles. The molecule has 0 spiro atoms. The van der Waals surface area contributed by atoms with Gasteiger partial charge in [-0.2, -0.15) is 0 Å². The molecule has 7 heteroatoms. The van der Waals surface area contributed by atoms with E-state index < -0.39 is 5.97 Å². The number of unbranched alkanes of at least 4 members (excludes halogenated alkanes) is 1. The van der Waals surface area contributed by atoms with E-state index in [4.69, 9.17) is 11.6 Å². The Bertz CT molecular complexity index is 531. The van der Waals surface area contributed by atoms with Crippen LogP contribution in [0.25, 0.3) is 10.2 Å². The molecule has 0 radical (unpaired) electrons. The molecular formula is C12H12ClLi2NO2S. The second-order valence-electron chi connectivity index (χ2n) is 3.76. The van der Waals surface area contributed by atoms with E-state index in [1.54, 1.807) is 6.07 Å². The fraction of sp³-hybridized carbons (Fsp3) is 0.333. The Morgan fingerprint density at radius 2 is 2.26 bits per heavy atom. The maximum absolute atomic E-state index is 10.5. The van der Waals surface area contributed by atoms with Crippen molar-refractivity contribution < 1.29 is 28.8 Å². The van der Waals surface area contributed by atoms with E-state index in [0.717, 1.165) is 11.3 Å². The van der Waals surface area contributed by atoms with Crippen LogP contribution in [0.3, 0.4) is 0 Å². The molecule has 0 bridgehead atoms. The minimum absolute atomic E-state index is 0. The molecule has 0 aliphatic heterocycles. The summed E-state index contributed by atoms with van der Waals surface area (Å²) in [7, 11) is 0. The summed E-state index contributed by atoms with van der Waals surface area (Å²) in [5, 5.41) is 12.4. The standard InChI is InChI=1S/C8H4ClNO2S.C4H9.2Li/c9-4-1-2-10-5-3-6(8(11)12)13-7(4)5;1-3-4-2;;/h1-3H,(H,11,12);1,3-4H2,2H3;;/q;;;+1/p-1. The fourth-order valence-electron chi connectivity index (χ4n) is 1.36. The third-order valence-electron chi connectivity index (χ3n) is 2.27. The number of aromatic carboxylic acids is 1. The Hall–Kier alpha value is 0.0648. The number of pyridine rings is 1. The van der Waals surface area contributed by atoms with E-state index in [2.05, 4.69) is 29.6 Å². The van der Waals surface area contributed by atoms with Crippen molar-refractivity contribution >= 4 is 56.8 Å². The van der Waals surface area contributed by atoms with Crippen LogP contribution >= 0.6 is 22.9 Å². The van der Waals surface area contributed by atoms with Crippen molar-refractivity contribution in [1.82, 2.24) is 4.98 Å². The number of fused-ring (bicyclic) bond motifs is 1. The number of carbonyl (C=O) groups is 1. The number of carbonyl (C=O) groups excluding carboxylic acids is 1. The Morgan fingerprint density at radius 3 is 2.68 bits per heavy atom.